The van der Waals surface area contributed by atoms with E-state index in [4.69, 9.17) is 16.3 Å². The Morgan fingerprint density at radius 1 is 1.24 bits per heavy atom. The summed E-state index contributed by atoms with van der Waals surface area (Å²) in [6, 6.07) is 7.72. The van der Waals surface area contributed by atoms with E-state index in [9.17, 15) is 0 Å². The smallest absolute Gasteiger partial charge is 0.184 e. The minimum atomic E-state index is 0.286. The van der Waals surface area contributed by atoms with Crippen molar-refractivity contribution in [2.45, 2.75) is 19.8 Å². The molecule has 1 heterocycles. The van der Waals surface area contributed by atoms with Gasteiger partial charge in [0.2, 0.25) is 0 Å². The average molecular weight is 305 g/mol. The molecule has 110 valence electrons. The normalized spacial score (nSPS) is 10.8. The summed E-state index contributed by atoms with van der Waals surface area (Å²) in [5.74, 6) is 1.29. The van der Waals surface area contributed by atoms with Gasteiger partial charge < -0.3 is 4.74 Å². The number of halogens is 1. The Labute approximate surface area is 129 Å². The summed E-state index contributed by atoms with van der Waals surface area (Å²) in [5.41, 5.74) is 3.70. The quantitative estimate of drug-likeness (QED) is 0.481. The van der Waals surface area contributed by atoms with E-state index >= 15 is 0 Å². The van der Waals surface area contributed by atoms with Crippen molar-refractivity contribution >= 4 is 23.6 Å². The third-order valence-corrected chi connectivity index (χ3v) is 2.96. The molecule has 1 N–H and O–H groups in total. The lowest BCUT2D eigenvalue weighted by Gasteiger charge is -2.05. The second-order valence-electron chi connectivity index (χ2n) is 4.34. The third kappa shape index (κ3) is 5.04. The molecule has 0 spiro atoms. The molecule has 5 nitrogen and oxygen atoms in total. The van der Waals surface area contributed by atoms with Crippen LogP contribution in [0.1, 0.15) is 25.3 Å². The van der Waals surface area contributed by atoms with E-state index in [1.165, 1.54) is 6.20 Å². The van der Waals surface area contributed by atoms with Crippen LogP contribution in [-0.2, 0) is 0 Å². The van der Waals surface area contributed by atoms with Gasteiger partial charge in [0, 0.05) is 12.4 Å². The molecule has 0 atom stereocenters. The Morgan fingerprint density at radius 3 is 2.71 bits per heavy atom. The van der Waals surface area contributed by atoms with E-state index in [1.54, 1.807) is 12.4 Å². The molecule has 6 heteroatoms. The summed E-state index contributed by atoms with van der Waals surface area (Å²) in [6.45, 7) is 2.88. The molecule has 0 radical (unpaired) electrons. The van der Waals surface area contributed by atoms with Crippen molar-refractivity contribution in [3.05, 3.63) is 47.4 Å². The first kappa shape index (κ1) is 15.3. The van der Waals surface area contributed by atoms with Gasteiger partial charge in [0.1, 0.15) is 5.75 Å². The molecular formula is C15H17ClN4O. The highest BCUT2D eigenvalue weighted by Crippen LogP contribution is 2.14. The Balaban J connectivity index is 1.88. The molecule has 21 heavy (non-hydrogen) atoms. The summed E-state index contributed by atoms with van der Waals surface area (Å²) in [7, 11) is 0. The van der Waals surface area contributed by atoms with Gasteiger partial charge in [-0.2, -0.15) is 5.10 Å². The van der Waals surface area contributed by atoms with Crippen LogP contribution in [0.3, 0.4) is 0 Å². The predicted molar refractivity (Wildman–Crippen MR) is 85.1 cm³/mol. The van der Waals surface area contributed by atoms with Crippen LogP contribution in [0.2, 0.25) is 5.15 Å². The van der Waals surface area contributed by atoms with Crippen molar-refractivity contribution in [2.24, 2.45) is 5.10 Å². The van der Waals surface area contributed by atoms with E-state index in [2.05, 4.69) is 27.4 Å². The molecule has 0 saturated carbocycles. The van der Waals surface area contributed by atoms with Gasteiger partial charge in [-0.15, -0.1) is 0 Å². The number of aromatic nitrogens is 2. The van der Waals surface area contributed by atoms with Crippen LogP contribution >= 0.6 is 11.6 Å². The Kier molecular flexibility index (Phi) is 5.97. The number of benzene rings is 1. The lowest BCUT2D eigenvalue weighted by molar-refractivity contribution is 0.309. The minimum absolute atomic E-state index is 0.286. The SMILES string of the molecule is CCCCOc1ccc(/C=N/Nc2nccnc2Cl)cc1. The predicted octanol–water partition coefficient (Wildman–Crippen LogP) is 3.75. The summed E-state index contributed by atoms with van der Waals surface area (Å²) in [5, 5.41) is 4.36. The zero-order chi connectivity index (χ0) is 14.9. The number of ether oxygens (including phenoxy) is 1. The molecule has 0 unspecified atom stereocenters. The standard InChI is InChI=1S/C15H17ClN4O/c1-2-3-10-21-13-6-4-12(5-7-13)11-19-20-15-14(16)17-8-9-18-15/h4-9,11H,2-3,10H2,1H3,(H,18,20)/b19-11+. The zero-order valence-corrected chi connectivity index (χ0v) is 12.5. The molecule has 2 rings (SSSR count). The molecule has 1 aromatic carbocycles. The van der Waals surface area contributed by atoms with Gasteiger partial charge in [-0.1, -0.05) is 24.9 Å². The van der Waals surface area contributed by atoms with Crippen molar-refractivity contribution < 1.29 is 4.74 Å². The lowest BCUT2D eigenvalue weighted by Crippen LogP contribution is -1.97. The van der Waals surface area contributed by atoms with Gasteiger partial charge in [-0.25, -0.2) is 9.97 Å². The van der Waals surface area contributed by atoms with Gasteiger partial charge >= 0.3 is 0 Å². The van der Waals surface area contributed by atoms with E-state index in [0.29, 0.717) is 5.82 Å². The van der Waals surface area contributed by atoms with E-state index in [1.807, 2.05) is 24.3 Å². The number of nitrogens with one attached hydrogen (secondary N) is 1. The average Bonchev–Trinajstić information content (AvgIpc) is 2.51. The number of rotatable bonds is 7. The first-order chi connectivity index (χ1) is 10.3. The van der Waals surface area contributed by atoms with Crippen LogP contribution in [0.4, 0.5) is 5.82 Å². The minimum Gasteiger partial charge on any atom is -0.494 e. The van der Waals surface area contributed by atoms with Gasteiger partial charge in [-0.3, -0.25) is 5.43 Å². The van der Waals surface area contributed by atoms with Crippen molar-refractivity contribution in [2.75, 3.05) is 12.0 Å². The number of hydrazone groups is 1. The lowest BCUT2D eigenvalue weighted by atomic mass is 10.2. The number of hydrogen-bond donors (Lipinski definition) is 1. The highest BCUT2D eigenvalue weighted by Gasteiger charge is 1.98. The molecular weight excluding hydrogens is 288 g/mol. The molecule has 0 aliphatic rings. The fourth-order valence-corrected chi connectivity index (χ4v) is 1.70. The van der Waals surface area contributed by atoms with Crippen molar-refractivity contribution in [1.82, 2.24) is 9.97 Å². The number of hydrogen-bond acceptors (Lipinski definition) is 5. The largest absolute Gasteiger partial charge is 0.494 e. The number of unbranched alkanes of at least 4 members (excludes halogenated alkanes) is 1. The summed E-state index contributed by atoms with van der Waals surface area (Å²) in [4.78, 5) is 7.93. The summed E-state index contributed by atoms with van der Waals surface area (Å²) in [6.07, 6.45) is 6.94. The highest BCUT2D eigenvalue weighted by atomic mass is 35.5. The second kappa shape index (κ2) is 8.21. The molecule has 0 bridgehead atoms. The van der Waals surface area contributed by atoms with Crippen LogP contribution in [0, 0.1) is 0 Å². The molecule has 0 aliphatic heterocycles. The maximum Gasteiger partial charge on any atom is 0.184 e. The number of anilines is 1. The van der Waals surface area contributed by atoms with Crippen LogP contribution in [0.5, 0.6) is 5.75 Å². The fraction of sp³-hybridized carbons (Fsp3) is 0.267. The summed E-state index contributed by atoms with van der Waals surface area (Å²) < 4.78 is 5.60. The van der Waals surface area contributed by atoms with Crippen molar-refractivity contribution in [1.29, 1.82) is 0 Å². The van der Waals surface area contributed by atoms with E-state index in [-0.39, 0.29) is 5.15 Å². The Hall–Kier alpha value is -2.14. The molecule has 1 aromatic heterocycles. The van der Waals surface area contributed by atoms with E-state index < -0.39 is 0 Å². The first-order valence-electron chi connectivity index (χ1n) is 6.78. The van der Waals surface area contributed by atoms with Crippen molar-refractivity contribution in [3.63, 3.8) is 0 Å². The monoisotopic (exact) mass is 304 g/mol. The molecule has 2 aromatic rings. The first-order valence-corrected chi connectivity index (χ1v) is 7.16. The topological polar surface area (TPSA) is 59.4 Å². The Bertz CT molecular complexity index is 586. The maximum atomic E-state index is 5.86. The van der Waals surface area contributed by atoms with Crippen molar-refractivity contribution in [3.8, 4) is 5.75 Å². The number of nitrogens with zero attached hydrogens (tertiary/aromatic N) is 3. The molecule has 0 amide bonds. The second-order valence-corrected chi connectivity index (χ2v) is 4.69. The van der Waals surface area contributed by atoms with Crippen LogP contribution in [-0.4, -0.2) is 22.8 Å². The van der Waals surface area contributed by atoms with Gasteiger partial charge in [-0.05, 0) is 36.2 Å². The highest BCUT2D eigenvalue weighted by molar-refractivity contribution is 6.31. The van der Waals surface area contributed by atoms with Gasteiger partial charge in [0.25, 0.3) is 0 Å². The van der Waals surface area contributed by atoms with E-state index in [0.717, 1.165) is 30.8 Å². The van der Waals surface area contributed by atoms with Crippen LogP contribution in [0.15, 0.2) is 41.8 Å². The fourth-order valence-electron chi connectivity index (χ4n) is 1.55. The maximum absolute atomic E-state index is 5.86. The molecule has 0 fully saturated rings. The van der Waals surface area contributed by atoms with Crippen LogP contribution in [0.25, 0.3) is 0 Å². The molecule has 0 aliphatic carbocycles. The third-order valence-electron chi connectivity index (χ3n) is 2.68. The van der Waals surface area contributed by atoms with Gasteiger partial charge in [0.15, 0.2) is 11.0 Å². The van der Waals surface area contributed by atoms with Crippen LogP contribution < -0.4 is 10.2 Å². The van der Waals surface area contributed by atoms with Gasteiger partial charge in [0.05, 0.1) is 12.8 Å². The summed E-state index contributed by atoms with van der Waals surface area (Å²) >= 11 is 5.86. The zero-order valence-electron chi connectivity index (χ0n) is 11.8. The molecule has 0 saturated heterocycles. The Morgan fingerprint density at radius 2 is 2.00 bits per heavy atom.